The highest BCUT2D eigenvalue weighted by molar-refractivity contribution is 4.63. The molecule has 34 heavy (non-hydrogen) atoms. The topological polar surface area (TPSA) is 0 Å². The highest BCUT2D eigenvalue weighted by Gasteiger charge is 2.47. The van der Waals surface area contributed by atoms with Crippen LogP contribution < -0.4 is 48.0 Å². The van der Waals surface area contributed by atoms with Gasteiger partial charge in [0.15, 0.2) is 0 Å². The first-order chi connectivity index (χ1) is 15.7. The molecule has 0 spiro atoms. The summed E-state index contributed by atoms with van der Waals surface area (Å²) < 4.78 is 2.99. The summed E-state index contributed by atoms with van der Waals surface area (Å²) in [7, 11) is 0. The van der Waals surface area contributed by atoms with E-state index in [1.807, 2.05) is 0 Å². The lowest BCUT2D eigenvalue weighted by Gasteiger charge is -2.55. The molecule has 0 aromatic rings. The van der Waals surface area contributed by atoms with Crippen LogP contribution in [0.1, 0.15) is 142 Å². The van der Waals surface area contributed by atoms with E-state index in [9.17, 15) is 0 Å². The molecule has 2 nitrogen and oxygen atoms in total. The smallest absolute Gasteiger partial charge is 0.129 e. The minimum absolute atomic E-state index is 0. The SMILES string of the molecule is CCCCCCCCCCCC[N+]12CC[N+](CCCCCCCCCCCC)(CC1)CC2.[I-].[I-]. The summed E-state index contributed by atoms with van der Waals surface area (Å²) in [6, 6.07) is 0. The van der Waals surface area contributed by atoms with Crippen LogP contribution in [-0.4, -0.2) is 61.3 Å². The molecule has 0 aromatic heterocycles. The Morgan fingerprint density at radius 1 is 0.324 bits per heavy atom. The van der Waals surface area contributed by atoms with Gasteiger partial charge in [0.2, 0.25) is 0 Å². The van der Waals surface area contributed by atoms with Crippen LogP contribution in [0.4, 0.5) is 0 Å². The van der Waals surface area contributed by atoms with E-state index in [4.69, 9.17) is 0 Å². The van der Waals surface area contributed by atoms with Crippen LogP contribution >= 0.6 is 0 Å². The van der Waals surface area contributed by atoms with E-state index >= 15 is 0 Å². The molecule has 3 fully saturated rings. The second kappa shape index (κ2) is 22.4. The van der Waals surface area contributed by atoms with Gasteiger partial charge < -0.3 is 56.9 Å². The zero-order valence-electron chi connectivity index (χ0n) is 23.4. The highest BCUT2D eigenvalue weighted by Crippen LogP contribution is 2.28. The largest absolute Gasteiger partial charge is 1.00 e. The van der Waals surface area contributed by atoms with Crippen molar-refractivity contribution in [2.45, 2.75) is 142 Å². The first-order valence-corrected chi connectivity index (χ1v) is 15.4. The Labute approximate surface area is 250 Å². The van der Waals surface area contributed by atoms with Crippen molar-refractivity contribution in [3.05, 3.63) is 0 Å². The molecule has 0 saturated carbocycles. The van der Waals surface area contributed by atoms with E-state index in [0.717, 1.165) is 0 Å². The quantitative estimate of drug-likeness (QED) is 0.0925. The van der Waals surface area contributed by atoms with E-state index in [1.165, 1.54) is 190 Å². The Morgan fingerprint density at radius 2 is 0.529 bits per heavy atom. The van der Waals surface area contributed by atoms with E-state index in [1.54, 1.807) is 0 Å². The van der Waals surface area contributed by atoms with Crippen LogP contribution in [0.5, 0.6) is 0 Å². The molecule has 0 unspecified atom stereocenters. The summed E-state index contributed by atoms with van der Waals surface area (Å²) in [4.78, 5) is 0. The van der Waals surface area contributed by atoms with Gasteiger partial charge in [-0.1, -0.05) is 117 Å². The third kappa shape index (κ3) is 15.0. The third-order valence-electron chi connectivity index (χ3n) is 9.12. The van der Waals surface area contributed by atoms with Gasteiger partial charge in [-0.15, -0.1) is 0 Å². The lowest BCUT2D eigenvalue weighted by molar-refractivity contribution is -1.08. The number of piperazine rings is 3. The number of unbranched alkanes of at least 4 members (excludes halogenated alkanes) is 18. The molecule has 206 valence electrons. The Kier molecular flexibility index (Phi) is 23.3. The minimum atomic E-state index is 0. The van der Waals surface area contributed by atoms with Crippen molar-refractivity contribution in [2.75, 3.05) is 52.4 Å². The molecule has 4 heteroatoms. The van der Waals surface area contributed by atoms with Gasteiger partial charge in [0.25, 0.3) is 0 Å². The fraction of sp³-hybridized carbons (Fsp3) is 1.00. The zero-order valence-corrected chi connectivity index (χ0v) is 27.8. The molecule has 0 aromatic carbocycles. The maximum absolute atomic E-state index is 2.31. The molecular weight excluding hydrogens is 642 g/mol. The number of halogens is 2. The van der Waals surface area contributed by atoms with Crippen molar-refractivity contribution in [3.63, 3.8) is 0 Å². The maximum atomic E-state index is 2.31. The Hall–Kier alpha value is 1.38. The molecule has 0 amide bonds. The van der Waals surface area contributed by atoms with E-state index in [2.05, 4.69) is 13.8 Å². The van der Waals surface area contributed by atoms with Gasteiger partial charge in [0, 0.05) is 0 Å². The predicted molar refractivity (Wildman–Crippen MR) is 143 cm³/mol. The zero-order chi connectivity index (χ0) is 22.8. The summed E-state index contributed by atoms with van der Waals surface area (Å²) in [6.07, 6.45) is 29.4. The lowest BCUT2D eigenvalue weighted by Crippen LogP contribution is -3.00. The number of fused-ring (bicyclic) bond motifs is 3. The third-order valence-corrected chi connectivity index (χ3v) is 9.12. The van der Waals surface area contributed by atoms with Gasteiger partial charge in [0.05, 0.1) is 13.1 Å². The number of hydrogen-bond acceptors (Lipinski definition) is 0. The Balaban J connectivity index is 0.00000544. The molecule has 0 radical (unpaired) electrons. The Bertz CT molecular complexity index is 379. The fourth-order valence-corrected chi connectivity index (χ4v) is 6.48. The molecule has 3 saturated heterocycles. The van der Waals surface area contributed by atoms with Crippen molar-refractivity contribution < 1.29 is 56.9 Å². The average Bonchev–Trinajstić information content (AvgIpc) is 2.83. The molecule has 3 rings (SSSR count). The summed E-state index contributed by atoms with van der Waals surface area (Å²) in [5, 5.41) is 0. The van der Waals surface area contributed by atoms with Gasteiger partial charge in [0.1, 0.15) is 39.3 Å². The van der Waals surface area contributed by atoms with Gasteiger partial charge in [-0.25, -0.2) is 0 Å². The van der Waals surface area contributed by atoms with Crippen LogP contribution in [0.15, 0.2) is 0 Å². The number of rotatable bonds is 22. The van der Waals surface area contributed by atoms with Crippen LogP contribution in [-0.2, 0) is 0 Å². The first-order valence-electron chi connectivity index (χ1n) is 15.4. The van der Waals surface area contributed by atoms with Crippen molar-refractivity contribution in [2.24, 2.45) is 0 Å². The van der Waals surface area contributed by atoms with Gasteiger partial charge in [-0.2, -0.15) is 0 Å². The van der Waals surface area contributed by atoms with Crippen LogP contribution in [0, 0.1) is 0 Å². The highest BCUT2D eigenvalue weighted by atomic mass is 127. The number of hydrogen-bond donors (Lipinski definition) is 0. The molecule has 3 aliphatic heterocycles. The average molecular weight is 705 g/mol. The molecule has 3 aliphatic rings. The minimum Gasteiger partial charge on any atom is -1.00 e. The van der Waals surface area contributed by atoms with Crippen molar-refractivity contribution in [1.29, 1.82) is 0 Å². The normalized spacial score (nSPS) is 23.5. The summed E-state index contributed by atoms with van der Waals surface area (Å²) >= 11 is 0. The van der Waals surface area contributed by atoms with Crippen LogP contribution in [0.2, 0.25) is 0 Å². The Morgan fingerprint density at radius 3 is 0.765 bits per heavy atom. The molecule has 2 bridgehead atoms. The summed E-state index contributed by atoms with van der Waals surface area (Å²) in [5.41, 5.74) is 0. The molecule has 0 aliphatic carbocycles. The van der Waals surface area contributed by atoms with Crippen molar-refractivity contribution >= 4 is 0 Å². The second-order valence-corrected chi connectivity index (χ2v) is 11.8. The van der Waals surface area contributed by atoms with Gasteiger partial charge in [-0.05, 0) is 25.7 Å². The second-order valence-electron chi connectivity index (χ2n) is 11.8. The molecule has 3 heterocycles. The monoisotopic (exact) mass is 704 g/mol. The van der Waals surface area contributed by atoms with Gasteiger partial charge in [-0.3, -0.25) is 0 Å². The van der Waals surface area contributed by atoms with E-state index in [-0.39, 0.29) is 48.0 Å². The van der Waals surface area contributed by atoms with Crippen LogP contribution in [0.25, 0.3) is 0 Å². The number of quaternary nitrogens is 2. The van der Waals surface area contributed by atoms with Crippen molar-refractivity contribution in [1.82, 2.24) is 0 Å². The first kappa shape index (κ1) is 35.4. The van der Waals surface area contributed by atoms with Crippen LogP contribution in [0.3, 0.4) is 0 Å². The van der Waals surface area contributed by atoms with E-state index in [0.29, 0.717) is 0 Å². The standard InChI is InChI=1S/C30H62N2.2HI/c1-3-5-7-9-11-13-15-17-19-21-23-31-25-28-32(29-26-31,30-27-31)24-22-20-18-16-14-12-10-8-6-4-2;;/h3-30H2,1-2H3;2*1H/q+2;;/p-2. The molecule has 0 N–H and O–H groups in total. The fourth-order valence-electron chi connectivity index (χ4n) is 6.48. The molecular formula is C30H62I2N2. The maximum Gasteiger partial charge on any atom is 0.129 e. The number of nitrogens with zero attached hydrogens (tertiary/aromatic N) is 2. The summed E-state index contributed by atoms with van der Waals surface area (Å²) in [5.74, 6) is 0. The predicted octanol–water partition coefficient (Wildman–Crippen LogP) is 2.50. The van der Waals surface area contributed by atoms with Gasteiger partial charge >= 0.3 is 0 Å². The van der Waals surface area contributed by atoms with E-state index < -0.39 is 0 Å². The van der Waals surface area contributed by atoms with Crippen molar-refractivity contribution in [3.8, 4) is 0 Å². The lowest BCUT2D eigenvalue weighted by atomic mass is 10.0. The molecule has 0 atom stereocenters. The summed E-state index contributed by atoms with van der Waals surface area (Å²) in [6.45, 7) is 16.6.